The van der Waals surface area contributed by atoms with Crippen molar-refractivity contribution in [1.82, 2.24) is 10.3 Å². The van der Waals surface area contributed by atoms with Crippen LogP contribution in [0.3, 0.4) is 0 Å². The van der Waals surface area contributed by atoms with Crippen molar-refractivity contribution in [3.05, 3.63) is 52.5 Å². The van der Waals surface area contributed by atoms with Crippen LogP contribution in [0.15, 0.2) is 41.2 Å². The van der Waals surface area contributed by atoms with Crippen molar-refractivity contribution in [2.75, 3.05) is 0 Å². The average Bonchev–Trinajstić information content (AvgIpc) is 2.80. The highest BCUT2D eigenvalue weighted by Gasteiger charge is 2.04. The molecule has 0 unspecified atom stereocenters. The van der Waals surface area contributed by atoms with Crippen LogP contribution in [0.2, 0.25) is 0 Å². The molecule has 1 N–H and O–H groups in total. The zero-order valence-corrected chi connectivity index (χ0v) is 9.50. The molecule has 2 rings (SSSR count). The van der Waals surface area contributed by atoms with Crippen LogP contribution in [0.25, 0.3) is 0 Å². The van der Waals surface area contributed by atoms with Gasteiger partial charge >= 0.3 is 0 Å². The number of nitrogens with one attached hydrogen (secondary N) is 1. The van der Waals surface area contributed by atoms with Gasteiger partial charge in [0.15, 0.2) is 0 Å². The monoisotopic (exact) mass is 218 g/mol. The SMILES string of the molecule is C[C@@H](NCc1ccsc1)c1ccccn1. The summed E-state index contributed by atoms with van der Waals surface area (Å²) in [7, 11) is 0. The van der Waals surface area contributed by atoms with Crippen molar-refractivity contribution in [3.8, 4) is 0 Å². The number of nitrogens with zero attached hydrogens (tertiary/aromatic N) is 1. The summed E-state index contributed by atoms with van der Waals surface area (Å²) in [6, 6.07) is 8.44. The predicted octanol–water partition coefficient (Wildman–Crippen LogP) is 2.99. The van der Waals surface area contributed by atoms with Gasteiger partial charge in [-0.25, -0.2) is 0 Å². The molecule has 0 amide bonds. The molecule has 0 aromatic carbocycles. The highest BCUT2D eigenvalue weighted by atomic mass is 32.1. The summed E-state index contributed by atoms with van der Waals surface area (Å²) in [4.78, 5) is 4.32. The van der Waals surface area contributed by atoms with E-state index in [1.54, 1.807) is 11.3 Å². The Morgan fingerprint density at radius 3 is 3.00 bits per heavy atom. The molecule has 15 heavy (non-hydrogen) atoms. The van der Waals surface area contributed by atoms with Crippen molar-refractivity contribution in [2.45, 2.75) is 19.5 Å². The lowest BCUT2D eigenvalue weighted by atomic mass is 10.2. The van der Waals surface area contributed by atoms with Gasteiger partial charge in [-0.2, -0.15) is 11.3 Å². The molecule has 1 atom stereocenters. The third-order valence-corrected chi connectivity index (χ3v) is 3.06. The highest BCUT2D eigenvalue weighted by Crippen LogP contribution is 2.11. The molecule has 0 aliphatic carbocycles. The molecule has 0 saturated heterocycles. The third-order valence-electron chi connectivity index (χ3n) is 2.32. The Bertz CT molecular complexity index is 383. The average molecular weight is 218 g/mol. The maximum Gasteiger partial charge on any atom is 0.0570 e. The van der Waals surface area contributed by atoms with Crippen molar-refractivity contribution < 1.29 is 0 Å². The Morgan fingerprint density at radius 2 is 2.33 bits per heavy atom. The molecule has 3 heteroatoms. The minimum Gasteiger partial charge on any atom is -0.305 e. The second kappa shape index (κ2) is 5.05. The summed E-state index contributed by atoms with van der Waals surface area (Å²) in [5.41, 5.74) is 2.43. The minimum atomic E-state index is 0.297. The van der Waals surface area contributed by atoms with Crippen molar-refractivity contribution >= 4 is 11.3 Å². The Kier molecular flexibility index (Phi) is 3.48. The molecule has 78 valence electrons. The summed E-state index contributed by atoms with van der Waals surface area (Å²) < 4.78 is 0. The lowest BCUT2D eigenvalue weighted by Crippen LogP contribution is -2.18. The van der Waals surface area contributed by atoms with E-state index in [0.29, 0.717) is 6.04 Å². The number of hydrogen-bond donors (Lipinski definition) is 1. The molecule has 2 aromatic heterocycles. The van der Waals surface area contributed by atoms with Crippen LogP contribution < -0.4 is 5.32 Å². The molecular formula is C12H14N2S. The first-order valence-electron chi connectivity index (χ1n) is 5.01. The zero-order chi connectivity index (χ0) is 10.5. The number of aromatic nitrogens is 1. The van der Waals surface area contributed by atoms with Crippen LogP contribution in [0.1, 0.15) is 24.2 Å². The largest absolute Gasteiger partial charge is 0.305 e. The lowest BCUT2D eigenvalue weighted by Gasteiger charge is -2.12. The van der Waals surface area contributed by atoms with Gasteiger partial charge in [-0.3, -0.25) is 4.98 Å². The summed E-state index contributed by atoms with van der Waals surface area (Å²) in [5.74, 6) is 0. The minimum absolute atomic E-state index is 0.297. The molecule has 2 nitrogen and oxygen atoms in total. The van der Waals surface area contributed by atoms with Gasteiger partial charge in [0, 0.05) is 18.8 Å². The first kappa shape index (κ1) is 10.3. The van der Waals surface area contributed by atoms with Gasteiger partial charge in [0.1, 0.15) is 0 Å². The van der Waals surface area contributed by atoms with Crippen molar-refractivity contribution in [3.63, 3.8) is 0 Å². The van der Waals surface area contributed by atoms with E-state index < -0.39 is 0 Å². The van der Waals surface area contributed by atoms with Gasteiger partial charge in [-0.15, -0.1) is 0 Å². The standard InChI is InChI=1S/C12H14N2S/c1-10(12-4-2-3-6-13-12)14-8-11-5-7-15-9-11/h2-7,9-10,14H,8H2,1H3/t10-/m1/s1. The van der Waals surface area contributed by atoms with E-state index in [0.717, 1.165) is 12.2 Å². The number of pyridine rings is 1. The van der Waals surface area contributed by atoms with Crippen LogP contribution in [-0.4, -0.2) is 4.98 Å². The van der Waals surface area contributed by atoms with Gasteiger partial charge in [0.25, 0.3) is 0 Å². The fourth-order valence-electron chi connectivity index (χ4n) is 1.40. The van der Waals surface area contributed by atoms with Gasteiger partial charge in [0.05, 0.1) is 5.69 Å². The molecule has 2 heterocycles. The first-order chi connectivity index (χ1) is 7.36. The topological polar surface area (TPSA) is 24.9 Å². The van der Waals surface area contributed by atoms with Crippen LogP contribution in [0.4, 0.5) is 0 Å². The summed E-state index contributed by atoms with van der Waals surface area (Å²) in [6.07, 6.45) is 1.83. The van der Waals surface area contributed by atoms with E-state index in [4.69, 9.17) is 0 Å². The lowest BCUT2D eigenvalue weighted by molar-refractivity contribution is 0.562. The Hall–Kier alpha value is -1.19. The Morgan fingerprint density at radius 1 is 1.40 bits per heavy atom. The number of rotatable bonds is 4. The fraction of sp³-hybridized carbons (Fsp3) is 0.250. The van der Waals surface area contributed by atoms with E-state index in [1.807, 2.05) is 24.4 Å². The third kappa shape index (κ3) is 2.88. The van der Waals surface area contributed by atoms with Crippen LogP contribution in [0, 0.1) is 0 Å². The molecule has 0 fully saturated rings. The molecule has 0 aliphatic rings. The van der Waals surface area contributed by atoms with Gasteiger partial charge in [-0.05, 0) is 41.4 Å². The molecule has 0 radical (unpaired) electrons. The normalized spacial score (nSPS) is 12.6. The molecule has 2 aromatic rings. The predicted molar refractivity (Wildman–Crippen MR) is 63.8 cm³/mol. The molecule has 0 spiro atoms. The Balaban J connectivity index is 1.90. The van der Waals surface area contributed by atoms with Crippen LogP contribution >= 0.6 is 11.3 Å². The second-order valence-electron chi connectivity index (χ2n) is 3.49. The molecule has 0 bridgehead atoms. The van der Waals surface area contributed by atoms with Gasteiger partial charge in [0.2, 0.25) is 0 Å². The van der Waals surface area contributed by atoms with Crippen molar-refractivity contribution in [1.29, 1.82) is 0 Å². The maximum atomic E-state index is 4.32. The zero-order valence-electron chi connectivity index (χ0n) is 8.68. The van der Waals surface area contributed by atoms with E-state index in [2.05, 4.69) is 34.1 Å². The maximum absolute atomic E-state index is 4.32. The first-order valence-corrected chi connectivity index (χ1v) is 5.96. The fourth-order valence-corrected chi connectivity index (χ4v) is 2.07. The van der Waals surface area contributed by atoms with E-state index in [1.165, 1.54) is 5.56 Å². The Labute approximate surface area is 94.0 Å². The molecule has 0 aliphatic heterocycles. The number of thiophene rings is 1. The summed E-state index contributed by atoms with van der Waals surface area (Å²) >= 11 is 1.73. The number of hydrogen-bond acceptors (Lipinski definition) is 3. The highest BCUT2D eigenvalue weighted by molar-refractivity contribution is 7.07. The van der Waals surface area contributed by atoms with Gasteiger partial charge < -0.3 is 5.32 Å². The van der Waals surface area contributed by atoms with E-state index in [-0.39, 0.29) is 0 Å². The van der Waals surface area contributed by atoms with Crippen molar-refractivity contribution in [2.24, 2.45) is 0 Å². The van der Waals surface area contributed by atoms with Crippen LogP contribution in [-0.2, 0) is 6.54 Å². The van der Waals surface area contributed by atoms with Gasteiger partial charge in [-0.1, -0.05) is 6.07 Å². The van der Waals surface area contributed by atoms with E-state index in [9.17, 15) is 0 Å². The summed E-state index contributed by atoms with van der Waals surface area (Å²) in [6.45, 7) is 3.04. The van der Waals surface area contributed by atoms with E-state index >= 15 is 0 Å². The summed E-state index contributed by atoms with van der Waals surface area (Å²) in [5, 5.41) is 7.71. The molecule has 0 saturated carbocycles. The second-order valence-corrected chi connectivity index (χ2v) is 4.27. The smallest absolute Gasteiger partial charge is 0.0570 e. The van der Waals surface area contributed by atoms with Crippen LogP contribution in [0.5, 0.6) is 0 Å². The molecular weight excluding hydrogens is 204 g/mol. The quantitative estimate of drug-likeness (QED) is 0.853.